The van der Waals surface area contributed by atoms with Gasteiger partial charge in [0.25, 0.3) is 0 Å². The second-order valence-electron chi connectivity index (χ2n) is 4.80. The smallest absolute Gasteiger partial charge is 0.337 e. The third kappa shape index (κ3) is 4.14. The van der Waals surface area contributed by atoms with Crippen LogP contribution < -0.4 is 5.32 Å². The van der Waals surface area contributed by atoms with Gasteiger partial charge in [-0.15, -0.1) is 0 Å². The topological polar surface area (TPSA) is 55.4 Å². The maximum absolute atomic E-state index is 11.4. The molecule has 1 N–H and O–H groups in total. The lowest BCUT2D eigenvalue weighted by Crippen LogP contribution is -2.35. The zero-order valence-corrected chi connectivity index (χ0v) is 13.8. The van der Waals surface area contributed by atoms with Crippen molar-refractivity contribution in [2.24, 2.45) is 0 Å². The molecule has 4 nitrogen and oxygen atoms in total. The number of methoxy groups -OCH3 is 1. The van der Waals surface area contributed by atoms with E-state index in [0.717, 1.165) is 40.9 Å². The first-order valence-electron chi connectivity index (χ1n) is 6.55. The van der Waals surface area contributed by atoms with Crippen molar-refractivity contribution in [3.63, 3.8) is 0 Å². The van der Waals surface area contributed by atoms with Gasteiger partial charge in [-0.3, -0.25) is 4.21 Å². The summed E-state index contributed by atoms with van der Waals surface area (Å²) in [5.74, 6) is 1.25. The molecule has 6 heteroatoms. The molecular weight excluding hydrogens is 342 g/mol. The summed E-state index contributed by atoms with van der Waals surface area (Å²) < 4.78 is 16.9. The summed E-state index contributed by atoms with van der Waals surface area (Å²) in [4.78, 5) is 11.4. The first-order chi connectivity index (χ1) is 9.60. The molecule has 1 aromatic carbocycles. The maximum Gasteiger partial charge on any atom is 0.337 e. The van der Waals surface area contributed by atoms with Crippen molar-refractivity contribution < 1.29 is 13.7 Å². The highest BCUT2D eigenvalue weighted by molar-refractivity contribution is 9.10. The first kappa shape index (κ1) is 15.7. The summed E-state index contributed by atoms with van der Waals surface area (Å²) >= 11 is 3.48. The molecule has 0 aromatic heterocycles. The second kappa shape index (κ2) is 7.33. The van der Waals surface area contributed by atoms with Crippen LogP contribution in [0.5, 0.6) is 0 Å². The van der Waals surface area contributed by atoms with E-state index in [1.165, 1.54) is 7.11 Å². The SMILES string of the molecule is COC(=O)c1ccc(CNC2CCS(=O)CC2)c(Br)c1. The van der Waals surface area contributed by atoms with Gasteiger partial charge in [0.2, 0.25) is 0 Å². The van der Waals surface area contributed by atoms with Gasteiger partial charge in [-0.25, -0.2) is 4.79 Å². The highest BCUT2D eigenvalue weighted by atomic mass is 79.9. The Morgan fingerprint density at radius 1 is 1.45 bits per heavy atom. The molecule has 2 rings (SSSR count). The Morgan fingerprint density at radius 2 is 2.15 bits per heavy atom. The van der Waals surface area contributed by atoms with Gasteiger partial charge in [-0.05, 0) is 30.5 Å². The normalized spacial score (nSPS) is 22.5. The second-order valence-corrected chi connectivity index (χ2v) is 7.35. The van der Waals surface area contributed by atoms with Crippen molar-refractivity contribution in [1.29, 1.82) is 0 Å². The van der Waals surface area contributed by atoms with Crippen LogP contribution in [0.4, 0.5) is 0 Å². The first-order valence-corrected chi connectivity index (χ1v) is 8.83. The summed E-state index contributed by atoms with van der Waals surface area (Å²) in [5.41, 5.74) is 1.64. The Bertz CT molecular complexity index is 511. The Labute approximate surface area is 129 Å². The molecule has 0 saturated carbocycles. The van der Waals surface area contributed by atoms with Gasteiger partial charge in [-0.2, -0.15) is 0 Å². The number of carbonyl (C=O) groups excluding carboxylic acids is 1. The van der Waals surface area contributed by atoms with Crippen molar-refractivity contribution >= 4 is 32.7 Å². The molecule has 1 saturated heterocycles. The zero-order chi connectivity index (χ0) is 14.5. The minimum atomic E-state index is -0.624. The highest BCUT2D eigenvalue weighted by Crippen LogP contribution is 2.20. The van der Waals surface area contributed by atoms with E-state index < -0.39 is 10.8 Å². The minimum Gasteiger partial charge on any atom is -0.465 e. The molecule has 0 spiro atoms. The molecule has 0 radical (unpaired) electrons. The van der Waals surface area contributed by atoms with Crippen LogP contribution in [0.1, 0.15) is 28.8 Å². The van der Waals surface area contributed by atoms with E-state index in [2.05, 4.69) is 21.2 Å². The van der Waals surface area contributed by atoms with Gasteiger partial charge in [0, 0.05) is 39.4 Å². The van der Waals surface area contributed by atoms with E-state index in [0.29, 0.717) is 11.6 Å². The zero-order valence-electron chi connectivity index (χ0n) is 11.4. The Hall–Kier alpha value is -0.720. The third-order valence-corrected chi connectivity index (χ3v) is 5.56. The van der Waals surface area contributed by atoms with Crippen LogP contribution in [0.15, 0.2) is 22.7 Å². The van der Waals surface area contributed by atoms with Crippen molar-refractivity contribution in [2.45, 2.75) is 25.4 Å². The molecule has 0 bridgehead atoms. The number of halogens is 1. The van der Waals surface area contributed by atoms with Crippen LogP contribution in [0, 0.1) is 0 Å². The standard InChI is InChI=1S/C14H18BrNO3S/c1-19-14(17)10-2-3-11(13(15)8-10)9-16-12-4-6-20(18)7-5-12/h2-3,8,12,16H,4-7,9H2,1H3. The van der Waals surface area contributed by atoms with Crippen molar-refractivity contribution in [1.82, 2.24) is 5.32 Å². The molecule has 0 unspecified atom stereocenters. The van der Waals surface area contributed by atoms with Gasteiger partial charge in [0.15, 0.2) is 0 Å². The largest absolute Gasteiger partial charge is 0.465 e. The third-order valence-electron chi connectivity index (χ3n) is 3.44. The number of nitrogens with one attached hydrogen (secondary N) is 1. The number of esters is 1. The van der Waals surface area contributed by atoms with Crippen LogP contribution in [0.25, 0.3) is 0 Å². The summed E-state index contributed by atoms with van der Waals surface area (Å²) in [5, 5.41) is 3.48. The summed E-state index contributed by atoms with van der Waals surface area (Å²) in [6, 6.07) is 5.90. The molecule has 20 heavy (non-hydrogen) atoms. The van der Waals surface area contributed by atoms with Crippen molar-refractivity contribution in [3.05, 3.63) is 33.8 Å². The Kier molecular flexibility index (Phi) is 5.74. The fourth-order valence-electron chi connectivity index (χ4n) is 2.19. The van der Waals surface area contributed by atoms with Gasteiger partial charge in [-0.1, -0.05) is 22.0 Å². The lowest BCUT2D eigenvalue weighted by molar-refractivity contribution is 0.0600. The van der Waals surface area contributed by atoms with E-state index in [1.54, 1.807) is 12.1 Å². The molecule has 0 amide bonds. The summed E-state index contributed by atoms with van der Waals surface area (Å²) in [7, 11) is 0.750. The van der Waals surface area contributed by atoms with Gasteiger partial charge in [0.1, 0.15) is 0 Å². The van der Waals surface area contributed by atoms with Crippen molar-refractivity contribution in [2.75, 3.05) is 18.6 Å². The molecule has 1 aliphatic rings. The lowest BCUT2D eigenvalue weighted by Gasteiger charge is -2.23. The molecule has 110 valence electrons. The van der Waals surface area contributed by atoms with E-state index in [9.17, 15) is 9.00 Å². The van der Waals surface area contributed by atoms with Crippen LogP contribution in [0.3, 0.4) is 0 Å². The Morgan fingerprint density at radius 3 is 2.75 bits per heavy atom. The molecule has 1 fully saturated rings. The average molecular weight is 360 g/mol. The molecular formula is C14H18BrNO3S. The fourth-order valence-corrected chi connectivity index (χ4v) is 4.01. The molecule has 1 aliphatic heterocycles. The number of hydrogen-bond donors (Lipinski definition) is 1. The van der Waals surface area contributed by atoms with Gasteiger partial charge >= 0.3 is 5.97 Å². The molecule has 1 aromatic rings. The molecule has 1 heterocycles. The van der Waals surface area contributed by atoms with Gasteiger partial charge in [0.05, 0.1) is 12.7 Å². The van der Waals surface area contributed by atoms with Crippen LogP contribution in [-0.4, -0.2) is 34.8 Å². The van der Waals surface area contributed by atoms with E-state index in [-0.39, 0.29) is 5.97 Å². The number of rotatable bonds is 4. The quantitative estimate of drug-likeness (QED) is 0.837. The number of benzene rings is 1. The monoisotopic (exact) mass is 359 g/mol. The van der Waals surface area contributed by atoms with E-state index in [4.69, 9.17) is 4.74 Å². The predicted molar refractivity (Wildman–Crippen MR) is 83.2 cm³/mol. The fraction of sp³-hybridized carbons (Fsp3) is 0.500. The van der Waals surface area contributed by atoms with Crippen molar-refractivity contribution in [3.8, 4) is 0 Å². The minimum absolute atomic E-state index is 0.333. The lowest BCUT2D eigenvalue weighted by atomic mass is 10.1. The maximum atomic E-state index is 11.4. The summed E-state index contributed by atoms with van der Waals surface area (Å²) in [6.45, 7) is 0.735. The number of carbonyl (C=O) groups is 1. The number of ether oxygens (including phenoxy) is 1. The van der Waals surface area contributed by atoms with Crippen LogP contribution >= 0.6 is 15.9 Å². The predicted octanol–water partition coefficient (Wildman–Crippen LogP) is 2.24. The highest BCUT2D eigenvalue weighted by Gasteiger charge is 2.17. The Balaban J connectivity index is 1.93. The van der Waals surface area contributed by atoms with E-state index >= 15 is 0 Å². The van der Waals surface area contributed by atoms with Crippen LogP contribution in [0.2, 0.25) is 0 Å². The summed E-state index contributed by atoms with van der Waals surface area (Å²) in [6.07, 6.45) is 1.93. The average Bonchev–Trinajstić information content (AvgIpc) is 2.46. The molecule has 0 aliphatic carbocycles. The van der Waals surface area contributed by atoms with Gasteiger partial charge < -0.3 is 10.1 Å². The number of hydrogen-bond acceptors (Lipinski definition) is 4. The van der Waals surface area contributed by atoms with E-state index in [1.807, 2.05) is 6.07 Å². The van der Waals surface area contributed by atoms with Crippen LogP contribution in [-0.2, 0) is 22.1 Å². The molecule has 0 atom stereocenters.